The van der Waals surface area contributed by atoms with E-state index in [-0.39, 0.29) is 11.5 Å². The second kappa shape index (κ2) is 7.63. The Morgan fingerprint density at radius 3 is 2.72 bits per heavy atom. The highest BCUT2D eigenvalue weighted by Gasteiger charge is 2.16. The van der Waals surface area contributed by atoms with Crippen LogP contribution in [0.15, 0.2) is 71.8 Å². The molecule has 0 amide bonds. The molecule has 0 aliphatic rings. The van der Waals surface area contributed by atoms with Gasteiger partial charge in [-0.1, -0.05) is 18.2 Å². The minimum absolute atomic E-state index is 0.263. The van der Waals surface area contributed by atoms with Crippen molar-refractivity contribution in [1.29, 1.82) is 5.26 Å². The summed E-state index contributed by atoms with van der Waals surface area (Å²) in [5.74, 6) is -0.307. The average Bonchev–Trinajstić information content (AvgIpc) is 3.39. The fourth-order valence-electron chi connectivity index (χ4n) is 3.74. The number of hydrogen-bond donors (Lipinski definition) is 1. The Labute approximate surface area is 182 Å². The Kier molecular flexibility index (Phi) is 4.64. The molecule has 32 heavy (non-hydrogen) atoms. The average molecular weight is 424 g/mol. The van der Waals surface area contributed by atoms with E-state index in [0.717, 1.165) is 16.8 Å². The number of nitriles is 1. The number of halogens is 1. The van der Waals surface area contributed by atoms with Crippen LogP contribution in [0.5, 0.6) is 0 Å². The van der Waals surface area contributed by atoms with Gasteiger partial charge in [0.2, 0.25) is 0 Å². The van der Waals surface area contributed by atoms with Crippen molar-refractivity contribution in [3.63, 3.8) is 0 Å². The van der Waals surface area contributed by atoms with Crippen molar-refractivity contribution < 1.29 is 4.39 Å². The van der Waals surface area contributed by atoms with Gasteiger partial charge in [0, 0.05) is 25.2 Å². The van der Waals surface area contributed by atoms with E-state index in [1.165, 1.54) is 16.7 Å². The monoisotopic (exact) mass is 424 g/mol. The van der Waals surface area contributed by atoms with E-state index in [4.69, 9.17) is 0 Å². The molecule has 0 unspecified atom stereocenters. The number of aryl methyl sites for hydroxylation is 1. The first-order valence-corrected chi connectivity index (χ1v) is 9.91. The molecular weight excluding hydrogens is 407 g/mol. The van der Waals surface area contributed by atoms with Crippen LogP contribution in [0.2, 0.25) is 0 Å². The number of H-pyrrole nitrogens is 1. The summed E-state index contributed by atoms with van der Waals surface area (Å²) < 4.78 is 16.4. The second-order valence-electron chi connectivity index (χ2n) is 7.46. The highest BCUT2D eigenvalue weighted by molar-refractivity contribution is 5.81. The number of aromatic amines is 1. The van der Waals surface area contributed by atoms with Crippen LogP contribution in [0.3, 0.4) is 0 Å². The predicted molar refractivity (Wildman–Crippen MR) is 118 cm³/mol. The largest absolute Gasteiger partial charge is 0.327 e. The topological polar surface area (TPSA) is 92.3 Å². The molecule has 0 bridgehead atoms. The fourth-order valence-corrected chi connectivity index (χ4v) is 3.74. The molecule has 2 aromatic carbocycles. The van der Waals surface area contributed by atoms with E-state index < -0.39 is 0 Å². The van der Waals surface area contributed by atoms with E-state index in [0.29, 0.717) is 34.4 Å². The molecule has 0 aliphatic heterocycles. The Balaban J connectivity index is 1.61. The van der Waals surface area contributed by atoms with E-state index in [2.05, 4.69) is 21.1 Å². The van der Waals surface area contributed by atoms with Crippen LogP contribution in [0.4, 0.5) is 4.39 Å². The first kappa shape index (κ1) is 19.5. The minimum atomic E-state index is -0.307. The van der Waals surface area contributed by atoms with Crippen LogP contribution in [-0.2, 0) is 13.5 Å². The number of benzene rings is 2. The molecule has 7 nitrogen and oxygen atoms in total. The molecule has 0 aliphatic carbocycles. The number of nitrogens with zero attached hydrogens (tertiary/aromatic N) is 5. The van der Waals surface area contributed by atoms with Gasteiger partial charge in [-0.25, -0.2) is 18.9 Å². The molecule has 1 N–H and O–H groups in total. The first-order valence-electron chi connectivity index (χ1n) is 9.91. The van der Waals surface area contributed by atoms with Crippen LogP contribution in [-0.4, -0.2) is 24.3 Å². The van der Waals surface area contributed by atoms with Gasteiger partial charge >= 0.3 is 5.69 Å². The van der Waals surface area contributed by atoms with E-state index in [9.17, 15) is 14.4 Å². The quantitative estimate of drug-likeness (QED) is 0.476. The number of pyridine rings is 1. The molecule has 0 radical (unpaired) electrons. The molecule has 0 spiro atoms. The highest BCUT2D eigenvalue weighted by atomic mass is 19.1. The molecule has 0 saturated carbocycles. The van der Waals surface area contributed by atoms with Crippen molar-refractivity contribution in [2.24, 2.45) is 7.05 Å². The van der Waals surface area contributed by atoms with Crippen LogP contribution >= 0.6 is 0 Å². The Morgan fingerprint density at radius 2 is 1.94 bits per heavy atom. The number of fused-ring (bicyclic) bond motifs is 1. The van der Waals surface area contributed by atoms with Crippen molar-refractivity contribution in [1.82, 2.24) is 24.3 Å². The van der Waals surface area contributed by atoms with Crippen molar-refractivity contribution in [2.45, 2.75) is 6.42 Å². The second-order valence-corrected chi connectivity index (χ2v) is 7.46. The predicted octanol–water partition coefficient (Wildman–Crippen LogP) is 3.72. The first-order chi connectivity index (χ1) is 15.5. The summed E-state index contributed by atoms with van der Waals surface area (Å²) in [4.78, 5) is 19.8. The van der Waals surface area contributed by atoms with Crippen molar-refractivity contribution in [3.8, 4) is 23.0 Å². The molecule has 0 atom stereocenters. The zero-order valence-corrected chi connectivity index (χ0v) is 17.1. The lowest BCUT2D eigenvalue weighted by atomic mass is 10.0. The van der Waals surface area contributed by atoms with Gasteiger partial charge in [-0.2, -0.15) is 10.4 Å². The lowest BCUT2D eigenvalue weighted by Crippen LogP contribution is -2.12. The Hall–Kier alpha value is -4.51. The number of hydrogen-bond acceptors (Lipinski definition) is 4. The van der Waals surface area contributed by atoms with Crippen molar-refractivity contribution in [2.75, 3.05) is 0 Å². The molecule has 156 valence electrons. The summed E-state index contributed by atoms with van der Waals surface area (Å²) in [7, 11) is 1.66. The summed E-state index contributed by atoms with van der Waals surface area (Å²) in [6, 6.07) is 17.4. The molecule has 0 saturated heterocycles. The lowest BCUT2D eigenvalue weighted by molar-refractivity contribution is 0.627. The molecule has 5 rings (SSSR count). The highest BCUT2D eigenvalue weighted by Crippen LogP contribution is 2.27. The smallest absolute Gasteiger partial charge is 0.304 e. The molecule has 3 heterocycles. The van der Waals surface area contributed by atoms with E-state index in [1.54, 1.807) is 42.2 Å². The maximum absolute atomic E-state index is 13.2. The molecule has 5 aromatic rings. The Bertz CT molecular complexity index is 1550. The van der Waals surface area contributed by atoms with Gasteiger partial charge in [0.15, 0.2) is 5.65 Å². The number of rotatable bonds is 4. The third-order valence-electron chi connectivity index (χ3n) is 5.38. The Morgan fingerprint density at radius 1 is 1.16 bits per heavy atom. The number of aromatic nitrogens is 5. The third-order valence-corrected chi connectivity index (χ3v) is 5.38. The lowest BCUT2D eigenvalue weighted by Gasteiger charge is -2.08. The van der Waals surface area contributed by atoms with Gasteiger partial charge in [-0.05, 0) is 47.5 Å². The summed E-state index contributed by atoms with van der Waals surface area (Å²) >= 11 is 0. The van der Waals surface area contributed by atoms with Gasteiger partial charge in [-0.3, -0.25) is 4.57 Å². The van der Waals surface area contributed by atoms with Crippen LogP contribution in [0.1, 0.15) is 16.7 Å². The molecule has 0 fully saturated rings. The molecular formula is C24H17FN6O. The summed E-state index contributed by atoms with van der Waals surface area (Å²) in [6.45, 7) is 0. The number of nitrogens with one attached hydrogen (secondary N) is 1. The van der Waals surface area contributed by atoms with Gasteiger partial charge in [0.1, 0.15) is 5.82 Å². The summed E-state index contributed by atoms with van der Waals surface area (Å²) in [6.07, 6.45) is 4.09. The zero-order valence-electron chi connectivity index (χ0n) is 17.1. The van der Waals surface area contributed by atoms with Crippen LogP contribution < -0.4 is 5.69 Å². The van der Waals surface area contributed by atoms with Gasteiger partial charge in [-0.15, -0.1) is 0 Å². The van der Waals surface area contributed by atoms with E-state index in [1.807, 2.05) is 24.4 Å². The fraction of sp³-hybridized carbons (Fsp3) is 0.0833. The zero-order chi connectivity index (χ0) is 22.2. The maximum Gasteiger partial charge on any atom is 0.327 e. The summed E-state index contributed by atoms with van der Waals surface area (Å²) in [5.41, 5.74) is 5.23. The SMILES string of the molecule is Cn1c(=O)[nH]c2c(Cc3cnn(-c4ccc(F)cc4)c3)cc(-c3ccccc3C#N)nc21. The van der Waals surface area contributed by atoms with Gasteiger partial charge in [0.25, 0.3) is 0 Å². The standard InChI is InChI=1S/C24H17FN6O/c1-30-23-22(29-24(30)32)17(11-21(28-23)20-5-3-2-4-16(20)12-26)10-15-13-27-31(14-15)19-8-6-18(25)7-9-19/h2-9,11,13-14H,10H2,1H3,(H,29,32). The van der Waals surface area contributed by atoms with Crippen molar-refractivity contribution in [3.05, 3.63) is 100.0 Å². The van der Waals surface area contributed by atoms with Gasteiger partial charge < -0.3 is 4.98 Å². The number of imidazole rings is 1. The van der Waals surface area contributed by atoms with Crippen molar-refractivity contribution >= 4 is 11.2 Å². The molecule has 8 heteroatoms. The third kappa shape index (κ3) is 3.36. The van der Waals surface area contributed by atoms with Gasteiger partial charge in [0.05, 0.1) is 34.7 Å². The van der Waals surface area contributed by atoms with Crippen LogP contribution in [0, 0.1) is 17.1 Å². The minimum Gasteiger partial charge on any atom is -0.304 e. The van der Waals surface area contributed by atoms with E-state index >= 15 is 0 Å². The van der Waals surface area contributed by atoms with Crippen LogP contribution in [0.25, 0.3) is 28.1 Å². The molecule has 3 aromatic heterocycles. The summed E-state index contributed by atoms with van der Waals surface area (Å²) in [5, 5.41) is 13.9. The maximum atomic E-state index is 13.2. The normalized spacial score (nSPS) is 11.0.